The standard InChI is InChI=1S/C19H15N3O4S/c1-12-6-2-3-7-13(12)18-21-16(26-22-18)10-24-17(23)11-27-19-20-14-8-4-5-9-15(14)25-19/h2-9H,10-11H2,1H3. The number of fused-ring (bicyclic) bond motifs is 1. The van der Waals surface area contributed by atoms with Gasteiger partial charge >= 0.3 is 5.97 Å². The molecule has 4 aromatic rings. The van der Waals surface area contributed by atoms with Crippen LogP contribution in [0.2, 0.25) is 0 Å². The molecule has 0 radical (unpaired) electrons. The fourth-order valence-corrected chi connectivity index (χ4v) is 3.10. The smallest absolute Gasteiger partial charge is 0.316 e. The molecule has 0 spiro atoms. The Morgan fingerprint density at radius 1 is 1.11 bits per heavy atom. The van der Waals surface area contributed by atoms with Gasteiger partial charge in [-0.05, 0) is 24.6 Å². The van der Waals surface area contributed by atoms with E-state index < -0.39 is 5.97 Å². The van der Waals surface area contributed by atoms with Crippen LogP contribution in [0.4, 0.5) is 0 Å². The molecule has 4 rings (SSSR count). The first-order valence-electron chi connectivity index (χ1n) is 8.21. The van der Waals surface area contributed by atoms with Gasteiger partial charge in [-0.2, -0.15) is 4.98 Å². The van der Waals surface area contributed by atoms with Crippen LogP contribution in [0.1, 0.15) is 11.5 Å². The highest BCUT2D eigenvalue weighted by Crippen LogP contribution is 2.23. The minimum absolute atomic E-state index is 0.0750. The molecule has 2 heterocycles. The fraction of sp³-hybridized carbons (Fsp3) is 0.158. The molecule has 0 aliphatic heterocycles. The zero-order valence-electron chi connectivity index (χ0n) is 14.4. The first-order valence-corrected chi connectivity index (χ1v) is 9.20. The third-order valence-corrected chi connectivity index (χ3v) is 4.60. The van der Waals surface area contributed by atoms with Crippen LogP contribution in [0.15, 0.2) is 62.7 Å². The summed E-state index contributed by atoms with van der Waals surface area (Å²) in [7, 11) is 0. The van der Waals surface area contributed by atoms with E-state index in [2.05, 4.69) is 15.1 Å². The van der Waals surface area contributed by atoms with Crippen molar-refractivity contribution in [2.24, 2.45) is 0 Å². The monoisotopic (exact) mass is 381 g/mol. The molecular formula is C19H15N3O4S. The van der Waals surface area contributed by atoms with E-state index in [1.807, 2.05) is 55.5 Å². The molecule has 0 atom stereocenters. The Labute approximate surface area is 158 Å². The molecule has 0 N–H and O–H groups in total. The number of ether oxygens (including phenoxy) is 1. The topological polar surface area (TPSA) is 91.2 Å². The van der Waals surface area contributed by atoms with Gasteiger partial charge in [0.1, 0.15) is 11.3 Å². The number of hydrogen-bond acceptors (Lipinski definition) is 8. The van der Waals surface area contributed by atoms with Crippen molar-refractivity contribution in [2.75, 3.05) is 5.75 Å². The summed E-state index contributed by atoms with van der Waals surface area (Å²) in [6.07, 6.45) is 0. The minimum Gasteiger partial charge on any atom is -0.455 e. The van der Waals surface area contributed by atoms with Crippen LogP contribution in [0, 0.1) is 6.92 Å². The first kappa shape index (κ1) is 17.3. The van der Waals surface area contributed by atoms with Gasteiger partial charge in [0.2, 0.25) is 5.82 Å². The maximum atomic E-state index is 11.9. The van der Waals surface area contributed by atoms with Crippen LogP contribution in [0.3, 0.4) is 0 Å². The molecule has 7 nitrogen and oxygen atoms in total. The maximum Gasteiger partial charge on any atom is 0.316 e. The summed E-state index contributed by atoms with van der Waals surface area (Å²) in [5.41, 5.74) is 3.35. The summed E-state index contributed by atoms with van der Waals surface area (Å²) < 4.78 is 15.9. The molecule has 27 heavy (non-hydrogen) atoms. The van der Waals surface area contributed by atoms with Gasteiger partial charge in [-0.15, -0.1) is 0 Å². The number of benzene rings is 2. The Morgan fingerprint density at radius 3 is 2.78 bits per heavy atom. The molecule has 0 unspecified atom stereocenters. The molecule has 136 valence electrons. The Bertz CT molecular complexity index is 1060. The first-order chi connectivity index (χ1) is 13.2. The highest BCUT2D eigenvalue weighted by Gasteiger charge is 2.14. The highest BCUT2D eigenvalue weighted by molar-refractivity contribution is 7.99. The van der Waals surface area contributed by atoms with Crippen molar-refractivity contribution in [1.29, 1.82) is 0 Å². The Balaban J connectivity index is 1.31. The fourth-order valence-electron chi connectivity index (χ4n) is 2.46. The van der Waals surface area contributed by atoms with Crippen LogP contribution in [0.5, 0.6) is 0 Å². The summed E-state index contributed by atoms with van der Waals surface area (Å²) in [5.74, 6) is 0.373. The average molecular weight is 381 g/mol. The van der Waals surface area contributed by atoms with E-state index in [4.69, 9.17) is 13.7 Å². The summed E-state index contributed by atoms with van der Waals surface area (Å²) >= 11 is 1.17. The Morgan fingerprint density at radius 2 is 1.93 bits per heavy atom. The van der Waals surface area contributed by atoms with Gasteiger partial charge in [-0.3, -0.25) is 4.79 Å². The number of esters is 1. The van der Waals surface area contributed by atoms with Crippen molar-refractivity contribution in [1.82, 2.24) is 15.1 Å². The lowest BCUT2D eigenvalue weighted by molar-refractivity contribution is -0.142. The van der Waals surface area contributed by atoms with Crippen molar-refractivity contribution < 1.29 is 18.5 Å². The second-order valence-electron chi connectivity index (χ2n) is 5.72. The Hall–Kier alpha value is -3.13. The molecule has 2 aromatic heterocycles. The van der Waals surface area contributed by atoms with Gasteiger partial charge in [-0.1, -0.05) is 53.3 Å². The number of oxazole rings is 1. The molecule has 0 fully saturated rings. The van der Waals surface area contributed by atoms with E-state index in [0.29, 0.717) is 16.6 Å². The minimum atomic E-state index is -0.419. The zero-order valence-corrected chi connectivity index (χ0v) is 15.2. The molecule has 0 aliphatic carbocycles. The summed E-state index contributed by atoms with van der Waals surface area (Å²) in [6, 6.07) is 15.1. The van der Waals surface area contributed by atoms with Gasteiger partial charge in [0.25, 0.3) is 11.1 Å². The van der Waals surface area contributed by atoms with Crippen LogP contribution in [0.25, 0.3) is 22.5 Å². The van der Waals surface area contributed by atoms with Gasteiger partial charge < -0.3 is 13.7 Å². The molecule has 8 heteroatoms. The van der Waals surface area contributed by atoms with Gasteiger partial charge in [-0.25, -0.2) is 4.98 Å². The number of hydrogen-bond donors (Lipinski definition) is 0. The van der Waals surface area contributed by atoms with Crippen LogP contribution >= 0.6 is 11.8 Å². The van der Waals surface area contributed by atoms with Gasteiger partial charge in [0.15, 0.2) is 12.2 Å². The number of carbonyl (C=O) groups is 1. The molecule has 0 bridgehead atoms. The zero-order chi connectivity index (χ0) is 18.6. The number of nitrogens with zero attached hydrogens (tertiary/aromatic N) is 3. The van der Waals surface area contributed by atoms with Gasteiger partial charge in [0.05, 0.1) is 0 Å². The maximum absolute atomic E-state index is 11.9. The van der Waals surface area contributed by atoms with E-state index >= 15 is 0 Å². The molecule has 0 aliphatic rings. The molecular weight excluding hydrogens is 366 g/mol. The average Bonchev–Trinajstić information content (AvgIpc) is 3.31. The van der Waals surface area contributed by atoms with Gasteiger partial charge in [0, 0.05) is 5.56 Å². The lowest BCUT2D eigenvalue weighted by atomic mass is 10.1. The van der Waals surface area contributed by atoms with Crippen molar-refractivity contribution in [3.05, 3.63) is 60.0 Å². The van der Waals surface area contributed by atoms with Crippen LogP contribution in [-0.2, 0) is 16.1 Å². The summed E-state index contributed by atoms with van der Waals surface area (Å²) in [4.78, 5) is 20.5. The quantitative estimate of drug-likeness (QED) is 0.365. The van der Waals surface area contributed by atoms with E-state index in [1.165, 1.54) is 11.8 Å². The van der Waals surface area contributed by atoms with Crippen molar-refractivity contribution >= 4 is 28.8 Å². The number of thioether (sulfide) groups is 1. The molecule has 0 saturated heterocycles. The number of aryl methyl sites for hydroxylation is 1. The lowest BCUT2D eigenvalue weighted by Crippen LogP contribution is -2.07. The summed E-state index contributed by atoms with van der Waals surface area (Å²) in [6.45, 7) is 1.89. The van der Waals surface area contributed by atoms with Crippen LogP contribution in [-0.4, -0.2) is 26.8 Å². The second kappa shape index (κ2) is 7.63. The summed E-state index contributed by atoms with van der Waals surface area (Å²) in [5, 5.41) is 4.36. The van der Waals surface area contributed by atoms with E-state index in [1.54, 1.807) is 0 Å². The molecule has 2 aromatic carbocycles. The SMILES string of the molecule is Cc1ccccc1-c1noc(COC(=O)CSc2nc3ccccc3o2)n1. The van der Waals surface area contributed by atoms with Crippen LogP contribution < -0.4 is 0 Å². The van der Waals surface area contributed by atoms with Crippen molar-refractivity contribution in [3.63, 3.8) is 0 Å². The largest absolute Gasteiger partial charge is 0.455 e. The molecule has 0 amide bonds. The second-order valence-corrected chi connectivity index (χ2v) is 6.65. The van der Waals surface area contributed by atoms with E-state index in [0.717, 1.165) is 16.6 Å². The van der Waals surface area contributed by atoms with Crippen molar-refractivity contribution in [3.8, 4) is 11.4 Å². The number of rotatable bonds is 6. The number of carbonyl (C=O) groups excluding carboxylic acids is 1. The third kappa shape index (κ3) is 4.01. The predicted octanol–water partition coefficient (Wildman–Crippen LogP) is 4.02. The highest BCUT2D eigenvalue weighted by atomic mass is 32.2. The number of para-hydroxylation sites is 2. The predicted molar refractivity (Wildman–Crippen MR) is 99.0 cm³/mol. The molecule has 0 saturated carbocycles. The lowest BCUT2D eigenvalue weighted by Gasteiger charge is -2.00. The van der Waals surface area contributed by atoms with E-state index in [9.17, 15) is 4.79 Å². The number of aromatic nitrogens is 3. The van der Waals surface area contributed by atoms with E-state index in [-0.39, 0.29) is 18.3 Å². The van der Waals surface area contributed by atoms with Crippen molar-refractivity contribution in [2.45, 2.75) is 18.8 Å². The Kier molecular flexibility index (Phi) is 4.88. The normalized spacial score (nSPS) is 11.0. The third-order valence-electron chi connectivity index (χ3n) is 3.80.